The zero-order chi connectivity index (χ0) is 8.27. The van der Waals surface area contributed by atoms with E-state index in [1.807, 2.05) is 7.05 Å². The average Bonchev–Trinajstić information content (AvgIpc) is 2.36. The highest BCUT2D eigenvalue weighted by atomic mass is 16.5. The van der Waals surface area contributed by atoms with Crippen LogP contribution in [0.5, 0.6) is 0 Å². The summed E-state index contributed by atoms with van der Waals surface area (Å²) < 4.78 is 6.56. The topological polar surface area (TPSA) is 47.3 Å². The second-order valence-corrected chi connectivity index (χ2v) is 2.40. The van der Waals surface area contributed by atoms with Gasteiger partial charge in [-0.15, -0.1) is 0 Å². The zero-order valence-electron chi connectivity index (χ0n) is 6.69. The molecule has 0 aliphatic rings. The van der Waals surface area contributed by atoms with E-state index in [0.717, 1.165) is 5.69 Å². The number of aryl methyl sites for hydroxylation is 1. The fourth-order valence-corrected chi connectivity index (χ4v) is 0.932. The predicted octanol–water partition coefficient (Wildman–Crippen LogP) is 0.0999. The van der Waals surface area contributed by atoms with Gasteiger partial charge in [0, 0.05) is 14.2 Å². The summed E-state index contributed by atoms with van der Waals surface area (Å²) >= 11 is 0. The quantitative estimate of drug-likeness (QED) is 0.675. The summed E-state index contributed by atoms with van der Waals surface area (Å²) in [5.41, 5.74) is 0.770. The average molecular weight is 156 g/mol. The van der Waals surface area contributed by atoms with Crippen molar-refractivity contribution in [1.82, 2.24) is 9.55 Å². The molecule has 62 valence electrons. The summed E-state index contributed by atoms with van der Waals surface area (Å²) in [6, 6.07) is 0. The van der Waals surface area contributed by atoms with E-state index in [9.17, 15) is 5.11 Å². The summed E-state index contributed by atoms with van der Waals surface area (Å²) in [7, 11) is 3.39. The second kappa shape index (κ2) is 3.50. The van der Waals surface area contributed by atoms with Crippen molar-refractivity contribution in [3.8, 4) is 0 Å². The van der Waals surface area contributed by atoms with Gasteiger partial charge in [0.1, 0.15) is 6.10 Å². The molecule has 0 amide bonds. The van der Waals surface area contributed by atoms with Crippen molar-refractivity contribution in [2.45, 2.75) is 6.10 Å². The lowest BCUT2D eigenvalue weighted by molar-refractivity contribution is 0.0599. The monoisotopic (exact) mass is 156 g/mol. The van der Waals surface area contributed by atoms with E-state index in [1.54, 1.807) is 24.2 Å². The van der Waals surface area contributed by atoms with Crippen LogP contribution >= 0.6 is 0 Å². The van der Waals surface area contributed by atoms with Gasteiger partial charge in [-0.25, -0.2) is 4.98 Å². The number of nitrogens with zero attached hydrogens (tertiary/aromatic N) is 2. The number of ether oxygens (including phenoxy) is 1. The van der Waals surface area contributed by atoms with Crippen LogP contribution in [-0.4, -0.2) is 28.4 Å². The van der Waals surface area contributed by atoms with Gasteiger partial charge in [0.15, 0.2) is 0 Å². The number of methoxy groups -OCH3 is 1. The number of imidazole rings is 1. The lowest BCUT2D eigenvalue weighted by Gasteiger charge is -2.08. The molecule has 4 heteroatoms. The molecule has 1 heterocycles. The van der Waals surface area contributed by atoms with Crippen LogP contribution in [0, 0.1) is 0 Å². The Morgan fingerprint density at radius 2 is 2.55 bits per heavy atom. The van der Waals surface area contributed by atoms with Crippen molar-refractivity contribution < 1.29 is 9.84 Å². The summed E-state index contributed by atoms with van der Waals surface area (Å²) in [6.45, 7) is 0.305. The van der Waals surface area contributed by atoms with E-state index in [-0.39, 0.29) is 0 Å². The summed E-state index contributed by atoms with van der Waals surface area (Å²) in [5, 5.41) is 9.40. The molecule has 0 aliphatic heterocycles. The molecular formula is C7H12N2O2. The van der Waals surface area contributed by atoms with Crippen molar-refractivity contribution in [3.05, 3.63) is 18.2 Å². The molecule has 0 spiro atoms. The van der Waals surface area contributed by atoms with Gasteiger partial charge in [0.25, 0.3) is 0 Å². The highest BCUT2D eigenvalue weighted by molar-refractivity contribution is 5.01. The first-order valence-corrected chi connectivity index (χ1v) is 3.39. The molecule has 1 atom stereocenters. The molecule has 1 unspecified atom stereocenters. The molecule has 0 bridgehead atoms. The summed E-state index contributed by atoms with van der Waals surface area (Å²) in [4.78, 5) is 3.87. The maximum Gasteiger partial charge on any atom is 0.119 e. The lowest BCUT2D eigenvalue weighted by Crippen LogP contribution is -2.08. The van der Waals surface area contributed by atoms with E-state index in [2.05, 4.69) is 4.98 Å². The smallest absolute Gasteiger partial charge is 0.119 e. The van der Waals surface area contributed by atoms with Gasteiger partial charge in [-0.1, -0.05) is 0 Å². The van der Waals surface area contributed by atoms with Crippen LogP contribution in [0.4, 0.5) is 0 Å². The largest absolute Gasteiger partial charge is 0.384 e. The Balaban J connectivity index is 2.67. The Kier molecular flexibility index (Phi) is 2.62. The minimum atomic E-state index is -0.576. The fourth-order valence-electron chi connectivity index (χ4n) is 0.932. The van der Waals surface area contributed by atoms with Gasteiger partial charge < -0.3 is 14.4 Å². The molecule has 11 heavy (non-hydrogen) atoms. The molecule has 1 aromatic heterocycles. The van der Waals surface area contributed by atoms with E-state index in [0.29, 0.717) is 6.61 Å². The number of rotatable bonds is 3. The first-order chi connectivity index (χ1) is 5.25. The molecule has 0 saturated heterocycles. The Labute approximate surface area is 65.4 Å². The van der Waals surface area contributed by atoms with Crippen LogP contribution in [0.3, 0.4) is 0 Å². The Bertz CT molecular complexity index is 222. The van der Waals surface area contributed by atoms with Gasteiger partial charge >= 0.3 is 0 Å². The van der Waals surface area contributed by atoms with Gasteiger partial charge in [0.2, 0.25) is 0 Å². The van der Waals surface area contributed by atoms with Crippen LogP contribution in [0.15, 0.2) is 12.5 Å². The van der Waals surface area contributed by atoms with Gasteiger partial charge in [-0.3, -0.25) is 0 Å². The number of aliphatic hydroxyl groups excluding tert-OH is 1. The second-order valence-electron chi connectivity index (χ2n) is 2.40. The maximum absolute atomic E-state index is 9.40. The van der Waals surface area contributed by atoms with E-state index < -0.39 is 6.10 Å². The molecular weight excluding hydrogens is 144 g/mol. The minimum Gasteiger partial charge on any atom is -0.384 e. The molecule has 0 aliphatic carbocycles. The Hall–Kier alpha value is -0.870. The van der Waals surface area contributed by atoms with Crippen LogP contribution in [-0.2, 0) is 11.8 Å². The molecule has 0 fully saturated rings. The first-order valence-electron chi connectivity index (χ1n) is 3.39. The van der Waals surface area contributed by atoms with Crippen molar-refractivity contribution in [2.75, 3.05) is 13.7 Å². The van der Waals surface area contributed by atoms with Crippen molar-refractivity contribution in [1.29, 1.82) is 0 Å². The summed E-state index contributed by atoms with van der Waals surface area (Å²) in [6.07, 6.45) is 2.70. The normalized spacial score (nSPS) is 13.4. The molecule has 0 aromatic carbocycles. The molecule has 0 radical (unpaired) electrons. The number of aromatic nitrogens is 2. The predicted molar refractivity (Wildman–Crippen MR) is 40.0 cm³/mol. The van der Waals surface area contributed by atoms with Gasteiger partial charge in [-0.05, 0) is 0 Å². The zero-order valence-corrected chi connectivity index (χ0v) is 6.69. The maximum atomic E-state index is 9.40. The lowest BCUT2D eigenvalue weighted by atomic mass is 10.3. The fraction of sp³-hybridized carbons (Fsp3) is 0.571. The van der Waals surface area contributed by atoms with Crippen LogP contribution in [0.2, 0.25) is 0 Å². The highest BCUT2D eigenvalue weighted by Gasteiger charge is 2.09. The number of aliphatic hydroxyl groups is 1. The number of hydrogen-bond acceptors (Lipinski definition) is 3. The minimum absolute atomic E-state index is 0.305. The van der Waals surface area contributed by atoms with Crippen LogP contribution < -0.4 is 0 Å². The van der Waals surface area contributed by atoms with E-state index >= 15 is 0 Å². The van der Waals surface area contributed by atoms with Gasteiger partial charge in [0.05, 0.1) is 24.8 Å². The molecule has 1 N–H and O–H groups in total. The van der Waals surface area contributed by atoms with E-state index in [4.69, 9.17) is 4.74 Å². The Morgan fingerprint density at radius 1 is 1.82 bits per heavy atom. The SMILES string of the molecule is COCC(O)c1cncn1C. The molecule has 1 rings (SSSR count). The highest BCUT2D eigenvalue weighted by Crippen LogP contribution is 2.10. The van der Waals surface area contributed by atoms with E-state index in [1.165, 1.54) is 0 Å². The van der Waals surface area contributed by atoms with Gasteiger partial charge in [-0.2, -0.15) is 0 Å². The Morgan fingerprint density at radius 3 is 3.00 bits per heavy atom. The third-order valence-corrected chi connectivity index (χ3v) is 1.52. The third kappa shape index (κ3) is 1.78. The third-order valence-electron chi connectivity index (χ3n) is 1.52. The van der Waals surface area contributed by atoms with Crippen molar-refractivity contribution >= 4 is 0 Å². The number of hydrogen-bond donors (Lipinski definition) is 1. The van der Waals surface area contributed by atoms with Crippen molar-refractivity contribution in [2.24, 2.45) is 7.05 Å². The van der Waals surface area contributed by atoms with Crippen LogP contribution in [0.1, 0.15) is 11.8 Å². The molecule has 4 nitrogen and oxygen atoms in total. The molecule has 1 aromatic rings. The standard InChI is InChI=1S/C7H12N2O2/c1-9-5-8-3-6(9)7(10)4-11-2/h3,5,7,10H,4H2,1-2H3. The molecule has 0 saturated carbocycles. The first kappa shape index (κ1) is 8.23. The van der Waals surface area contributed by atoms with Crippen LogP contribution in [0.25, 0.3) is 0 Å². The summed E-state index contributed by atoms with van der Waals surface area (Å²) in [5.74, 6) is 0. The van der Waals surface area contributed by atoms with Crippen molar-refractivity contribution in [3.63, 3.8) is 0 Å².